The fraction of sp³-hybridized carbons (Fsp3) is 0.158. The maximum Gasteiger partial charge on any atom is 0.268 e. The summed E-state index contributed by atoms with van der Waals surface area (Å²) in [6.07, 6.45) is 1.55. The Morgan fingerprint density at radius 2 is 2.00 bits per heavy atom. The van der Waals surface area contributed by atoms with Crippen molar-refractivity contribution in [1.29, 1.82) is 0 Å². The molecule has 0 aliphatic carbocycles. The van der Waals surface area contributed by atoms with Gasteiger partial charge in [0.1, 0.15) is 12.3 Å². The minimum absolute atomic E-state index is 0.223. The maximum absolute atomic E-state index is 12.3. The molecule has 25 heavy (non-hydrogen) atoms. The SMILES string of the molecule is Cn1cc(OCc2ccccc2)c(=O)cc1C(=O)NCc1cccs1. The average molecular weight is 354 g/mol. The van der Waals surface area contributed by atoms with E-state index in [1.165, 1.54) is 6.07 Å². The van der Waals surface area contributed by atoms with Crippen molar-refractivity contribution in [2.24, 2.45) is 7.05 Å². The lowest BCUT2D eigenvalue weighted by Gasteiger charge is -2.12. The Morgan fingerprint density at radius 3 is 2.72 bits per heavy atom. The second kappa shape index (κ2) is 7.81. The number of carbonyl (C=O) groups is 1. The van der Waals surface area contributed by atoms with E-state index in [0.717, 1.165) is 10.4 Å². The number of nitrogens with one attached hydrogen (secondary N) is 1. The number of pyridine rings is 1. The molecule has 1 N–H and O–H groups in total. The number of amides is 1. The fourth-order valence-electron chi connectivity index (χ4n) is 2.35. The lowest BCUT2D eigenvalue weighted by Crippen LogP contribution is -2.27. The van der Waals surface area contributed by atoms with Crippen molar-refractivity contribution < 1.29 is 9.53 Å². The van der Waals surface area contributed by atoms with E-state index >= 15 is 0 Å². The average Bonchev–Trinajstić information content (AvgIpc) is 3.14. The van der Waals surface area contributed by atoms with Gasteiger partial charge in [-0.1, -0.05) is 36.4 Å². The molecular formula is C19H18N2O3S. The zero-order valence-electron chi connectivity index (χ0n) is 13.8. The van der Waals surface area contributed by atoms with Crippen molar-refractivity contribution in [1.82, 2.24) is 9.88 Å². The second-order valence-electron chi connectivity index (χ2n) is 5.53. The van der Waals surface area contributed by atoms with Crippen LogP contribution in [0, 0.1) is 0 Å². The van der Waals surface area contributed by atoms with Crippen LogP contribution >= 0.6 is 11.3 Å². The maximum atomic E-state index is 12.3. The van der Waals surface area contributed by atoms with Crippen LogP contribution in [-0.2, 0) is 20.2 Å². The molecule has 5 nitrogen and oxygen atoms in total. The Kier molecular flexibility index (Phi) is 5.30. The summed E-state index contributed by atoms with van der Waals surface area (Å²) in [6.45, 7) is 0.747. The quantitative estimate of drug-likeness (QED) is 0.740. The summed E-state index contributed by atoms with van der Waals surface area (Å²) >= 11 is 1.57. The lowest BCUT2D eigenvalue weighted by atomic mass is 10.2. The number of aromatic nitrogens is 1. The van der Waals surface area contributed by atoms with Gasteiger partial charge >= 0.3 is 0 Å². The van der Waals surface area contributed by atoms with Gasteiger partial charge in [0.15, 0.2) is 5.75 Å². The number of hydrogen-bond acceptors (Lipinski definition) is 4. The summed E-state index contributed by atoms with van der Waals surface area (Å²) in [5, 5.41) is 4.77. The molecule has 3 rings (SSSR count). The fourth-order valence-corrected chi connectivity index (χ4v) is 2.99. The molecule has 0 unspecified atom stereocenters. The molecular weight excluding hydrogens is 336 g/mol. The van der Waals surface area contributed by atoms with Gasteiger partial charge in [0.05, 0.1) is 12.7 Å². The molecule has 0 saturated heterocycles. The number of hydrogen-bond donors (Lipinski definition) is 1. The van der Waals surface area contributed by atoms with Crippen LogP contribution in [0.5, 0.6) is 5.75 Å². The van der Waals surface area contributed by atoms with Gasteiger partial charge in [0.25, 0.3) is 5.91 Å². The first kappa shape index (κ1) is 17.0. The van der Waals surface area contributed by atoms with Crippen molar-refractivity contribution in [2.45, 2.75) is 13.2 Å². The third-order valence-corrected chi connectivity index (χ3v) is 4.55. The van der Waals surface area contributed by atoms with Crippen molar-refractivity contribution in [3.8, 4) is 5.75 Å². The number of benzene rings is 1. The Hall–Kier alpha value is -2.86. The molecule has 128 valence electrons. The largest absolute Gasteiger partial charge is 0.483 e. The predicted molar refractivity (Wildman–Crippen MR) is 97.9 cm³/mol. The van der Waals surface area contributed by atoms with Gasteiger partial charge in [-0.3, -0.25) is 9.59 Å². The molecule has 3 aromatic rings. The van der Waals surface area contributed by atoms with Gasteiger partial charge in [-0.25, -0.2) is 0 Å². The topological polar surface area (TPSA) is 60.3 Å². The van der Waals surface area contributed by atoms with Crippen LogP contribution in [0.3, 0.4) is 0 Å². The number of aryl methyl sites for hydroxylation is 1. The zero-order valence-corrected chi connectivity index (χ0v) is 14.6. The molecule has 1 aromatic carbocycles. The van der Waals surface area contributed by atoms with Crippen molar-refractivity contribution >= 4 is 17.2 Å². The molecule has 2 aromatic heterocycles. The summed E-state index contributed by atoms with van der Waals surface area (Å²) in [5.74, 6) is -0.0660. The van der Waals surface area contributed by atoms with Crippen molar-refractivity contribution in [2.75, 3.05) is 0 Å². The summed E-state index contributed by atoms with van der Waals surface area (Å²) in [7, 11) is 1.72. The number of ether oxygens (including phenoxy) is 1. The van der Waals surface area contributed by atoms with E-state index in [1.807, 2.05) is 47.8 Å². The Labute approximate surface area is 149 Å². The normalized spacial score (nSPS) is 10.4. The smallest absolute Gasteiger partial charge is 0.268 e. The van der Waals surface area contributed by atoms with Gasteiger partial charge < -0.3 is 14.6 Å². The van der Waals surface area contributed by atoms with Crippen LogP contribution in [0.2, 0.25) is 0 Å². The molecule has 0 saturated carbocycles. The summed E-state index contributed by atoms with van der Waals surface area (Å²) < 4.78 is 7.20. The van der Waals surface area contributed by atoms with Crippen LogP contribution < -0.4 is 15.5 Å². The number of carbonyl (C=O) groups excluding carboxylic acids is 1. The highest BCUT2D eigenvalue weighted by atomic mass is 32.1. The molecule has 0 fully saturated rings. The third-order valence-electron chi connectivity index (χ3n) is 3.67. The van der Waals surface area contributed by atoms with E-state index in [9.17, 15) is 9.59 Å². The van der Waals surface area contributed by atoms with Crippen LogP contribution in [0.25, 0.3) is 0 Å². The number of thiophene rings is 1. The van der Waals surface area contributed by atoms with E-state index in [1.54, 1.807) is 29.1 Å². The van der Waals surface area contributed by atoms with E-state index < -0.39 is 0 Å². The van der Waals surface area contributed by atoms with Gasteiger partial charge in [-0.15, -0.1) is 11.3 Å². The predicted octanol–water partition coefficient (Wildman–Crippen LogP) is 2.96. The number of nitrogens with zero attached hydrogens (tertiary/aromatic N) is 1. The van der Waals surface area contributed by atoms with Crippen molar-refractivity contribution in [3.63, 3.8) is 0 Å². The molecule has 0 aliphatic rings. The van der Waals surface area contributed by atoms with Gasteiger partial charge in [0, 0.05) is 18.0 Å². The molecule has 2 heterocycles. The van der Waals surface area contributed by atoms with Gasteiger partial charge in [-0.2, -0.15) is 0 Å². The highest BCUT2D eigenvalue weighted by molar-refractivity contribution is 7.09. The minimum Gasteiger partial charge on any atom is -0.483 e. The summed E-state index contributed by atoms with van der Waals surface area (Å²) in [4.78, 5) is 25.6. The summed E-state index contributed by atoms with van der Waals surface area (Å²) in [6, 6.07) is 14.8. The minimum atomic E-state index is -0.310. The first-order valence-corrected chi connectivity index (χ1v) is 8.69. The highest BCUT2D eigenvalue weighted by Crippen LogP contribution is 2.10. The lowest BCUT2D eigenvalue weighted by molar-refractivity contribution is 0.0942. The Bertz CT molecular complexity index is 902. The van der Waals surface area contributed by atoms with E-state index in [4.69, 9.17) is 4.74 Å². The number of rotatable bonds is 6. The van der Waals surface area contributed by atoms with E-state index in [0.29, 0.717) is 18.8 Å². The van der Waals surface area contributed by atoms with Gasteiger partial charge in [0.2, 0.25) is 5.43 Å². The van der Waals surface area contributed by atoms with Gasteiger partial charge in [-0.05, 0) is 17.0 Å². The molecule has 0 spiro atoms. The van der Waals surface area contributed by atoms with Crippen LogP contribution in [0.1, 0.15) is 20.9 Å². The first-order chi connectivity index (χ1) is 12.1. The molecule has 0 bridgehead atoms. The molecule has 0 aliphatic heterocycles. The summed E-state index contributed by atoms with van der Waals surface area (Å²) in [5.41, 5.74) is 0.964. The van der Waals surface area contributed by atoms with E-state index in [2.05, 4.69) is 5.32 Å². The molecule has 6 heteroatoms. The van der Waals surface area contributed by atoms with Crippen molar-refractivity contribution in [3.05, 3.63) is 86.5 Å². The Morgan fingerprint density at radius 1 is 1.20 bits per heavy atom. The van der Waals surface area contributed by atoms with Crippen LogP contribution in [0.15, 0.2) is 64.9 Å². The third kappa shape index (κ3) is 4.36. The van der Waals surface area contributed by atoms with Crippen LogP contribution in [0.4, 0.5) is 0 Å². The monoisotopic (exact) mass is 354 g/mol. The Balaban J connectivity index is 1.69. The standard InChI is InChI=1S/C19H18N2O3S/c1-21-12-18(24-13-14-6-3-2-4-7-14)17(22)10-16(21)19(23)20-11-15-8-5-9-25-15/h2-10,12H,11,13H2,1H3,(H,20,23). The molecule has 0 radical (unpaired) electrons. The molecule has 1 amide bonds. The molecule has 0 atom stereocenters. The second-order valence-corrected chi connectivity index (χ2v) is 6.57. The zero-order chi connectivity index (χ0) is 17.6. The van der Waals surface area contributed by atoms with Crippen LogP contribution in [-0.4, -0.2) is 10.5 Å². The van der Waals surface area contributed by atoms with E-state index in [-0.39, 0.29) is 17.1 Å². The first-order valence-electron chi connectivity index (χ1n) is 7.81. The highest BCUT2D eigenvalue weighted by Gasteiger charge is 2.13.